The topological polar surface area (TPSA) is 71.1 Å². The van der Waals surface area contributed by atoms with E-state index in [4.69, 9.17) is 0 Å². The van der Waals surface area contributed by atoms with Crippen LogP contribution >= 0.6 is 0 Å². The molecule has 23 heavy (non-hydrogen) atoms. The zero-order chi connectivity index (χ0) is 16.9. The number of carbonyl (C=O) groups is 2. The SMILES string of the molecule is CC(C)(C)NC(=O)c1cc(NC(=O)Cc2ccccc2)ccn1. The van der Waals surface area contributed by atoms with Gasteiger partial charge in [0.25, 0.3) is 5.91 Å². The molecule has 0 saturated carbocycles. The second-order valence-corrected chi connectivity index (χ2v) is 6.34. The summed E-state index contributed by atoms with van der Waals surface area (Å²) in [6.45, 7) is 5.70. The maximum Gasteiger partial charge on any atom is 0.270 e. The molecule has 0 fully saturated rings. The fourth-order valence-corrected chi connectivity index (χ4v) is 2.02. The summed E-state index contributed by atoms with van der Waals surface area (Å²) in [5.41, 5.74) is 1.42. The zero-order valence-corrected chi connectivity index (χ0v) is 13.6. The molecule has 2 rings (SSSR count). The van der Waals surface area contributed by atoms with Crippen LogP contribution in [-0.2, 0) is 11.2 Å². The number of benzene rings is 1. The van der Waals surface area contributed by atoms with Gasteiger partial charge < -0.3 is 10.6 Å². The summed E-state index contributed by atoms with van der Waals surface area (Å²) in [5, 5.41) is 5.63. The Morgan fingerprint density at radius 3 is 2.43 bits per heavy atom. The molecule has 0 aliphatic carbocycles. The molecule has 0 spiro atoms. The van der Waals surface area contributed by atoms with Crippen LogP contribution in [0.4, 0.5) is 5.69 Å². The standard InChI is InChI=1S/C18H21N3O2/c1-18(2,3)21-17(23)15-12-14(9-10-19-15)20-16(22)11-13-7-5-4-6-8-13/h4-10,12H,11H2,1-3H3,(H,21,23)(H,19,20,22). The number of carbonyl (C=O) groups excluding carboxylic acids is 2. The van der Waals surface area contributed by atoms with Crippen LogP contribution < -0.4 is 10.6 Å². The number of pyridine rings is 1. The van der Waals surface area contributed by atoms with E-state index in [1.54, 1.807) is 12.1 Å². The highest BCUT2D eigenvalue weighted by Crippen LogP contribution is 2.11. The molecule has 0 aliphatic heterocycles. The quantitative estimate of drug-likeness (QED) is 0.912. The number of aromatic nitrogens is 1. The Kier molecular flexibility index (Phi) is 5.11. The lowest BCUT2D eigenvalue weighted by Crippen LogP contribution is -2.40. The second kappa shape index (κ2) is 7.05. The first-order valence-corrected chi connectivity index (χ1v) is 7.46. The number of anilines is 1. The first-order valence-electron chi connectivity index (χ1n) is 7.46. The summed E-state index contributed by atoms with van der Waals surface area (Å²) in [4.78, 5) is 28.2. The number of amides is 2. The van der Waals surface area contributed by atoms with Gasteiger partial charge in [-0.1, -0.05) is 30.3 Å². The van der Waals surface area contributed by atoms with E-state index >= 15 is 0 Å². The number of nitrogens with one attached hydrogen (secondary N) is 2. The van der Waals surface area contributed by atoms with Gasteiger partial charge in [-0.15, -0.1) is 0 Å². The lowest BCUT2D eigenvalue weighted by molar-refractivity contribution is -0.115. The van der Waals surface area contributed by atoms with Gasteiger partial charge in [0.05, 0.1) is 6.42 Å². The molecule has 2 N–H and O–H groups in total. The van der Waals surface area contributed by atoms with Gasteiger partial charge in [0.15, 0.2) is 0 Å². The van der Waals surface area contributed by atoms with E-state index in [1.165, 1.54) is 6.20 Å². The molecule has 0 atom stereocenters. The summed E-state index contributed by atoms with van der Waals surface area (Å²) in [5.74, 6) is -0.402. The third kappa shape index (κ3) is 5.54. The molecule has 5 nitrogen and oxygen atoms in total. The third-order valence-corrected chi connectivity index (χ3v) is 2.97. The van der Waals surface area contributed by atoms with E-state index in [9.17, 15) is 9.59 Å². The largest absolute Gasteiger partial charge is 0.346 e. The van der Waals surface area contributed by atoms with E-state index in [-0.39, 0.29) is 29.5 Å². The fraction of sp³-hybridized carbons (Fsp3) is 0.278. The van der Waals surface area contributed by atoms with E-state index in [2.05, 4.69) is 15.6 Å². The molecule has 2 aromatic rings. The molecule has 0 radical (unpaired) electrons. The minimum absolute atomic E-state index is 0.135. The van der Waals surface area contributed by atoms with E-state index in [0.29, 0.717) is 5.69 Å². The first kappa shape index (κ1) is 16.7. The monoisotopic (exact) mass is 311 g/mol. The van der Waals surface area contributed by atoms with E-state index < -0.39 is 0 Å². The molecule has 0 aliphatic rings. The van der Waals surface area contributed by atoms with Crippen molar-refractivity contribution in [2.75, 3.05) is 5.32 Å². The normalized spacial score (nSPS) is 10.9. The van der Waals surface area contributed by atoms with Crippen molar-refractivity contribution in [1.29, 1.82) is 0 Å². The van der Waals surface area contributed by atoms with Gasteiger partial charge in [-0.05, 0) is 38.5 Å². The van der Waals surface area contributed by atoms with Crippen molar-refractivity contribution in [1.82, 2.24) is 10.3 Å². The summed E-state index contributed by atoms with van der Waals surface area (Å²) in [6, 6.07) is 12.7. The van der Waals surface area contributed by atoms with Gasteiger partial charge in [0.2, 0.25) is 5.91 Å². The van der Waals surface area contributed by atoms with Crippen molar-refractivity contribution in [3.8, 4) is 0 Å². The Hall–Kier alpha value is -2.69. The van der Waals surface area contributed by atoms with Gasteiger partial charge in [0.1, 0.15) is 5.69 Å². The van der Waals surface area contributed by atoms with Crippen molar-refractivity contribution >= 4 is 17.5 Å². The summed E-state index contributed by atoms with van der Waals surface area (Å²) in [6.07, 6.45) is 1.79. The van der Waals surface area contributed by atoms with E-state index in [1.807, 2.05) is 51.1 Å². The highest BCUT2D eigenvalue weighted by Gasteiger charge is 2.16. The maximum atomic E-state index is 12.1. The summed E-state index contributed by atoms with van der Waals surface area (Å²) >= 11 is 0. The molecule has 120 valence electrons. The Morgan fingerprint density at radius 2 is 1.78 bits per heavy atom. The van der Waals surface area contributed by atoms with Crippen molar-refractivity contribution in [2.24, 2.45) is 0 Å². The van der Waals surface area contributed by atoms with Crippen molar-refractivity contribution in [3.63, 3.8) is 0 Å². The summed E-state index contributed by atoms with van der Waals surface area (Å²) in [7, 11) is 0. The zero-order valence-electron chi connectivity index (χ0n) is 13.6. The van der Waals surface area contributed by atoms with Gasteiger partial charge >= 0.3 is 0 Å². The molecule has 0 unspecified atom stereocenters. The minimum atomic E-state index is -0.342. The molecule has 1 heterocycles. The molecular formula is C18H21N3O2. The van der Waals surface area contributed by atoms with Crippen LogP contribution in [0.15, 0.2) is 48.7 Å². The molecule has 1 aromatic heterocycles. The Labute approximate surface area is 136 Å². The van der Waals surface area contributed by atoms with Gasteiger partial charge in [0, 0.05) is 17.4 Å². The van der Waals surface area contributed by atoms with E-state index in [0.717, 1.165) is 5.56 Å². The predicted molar refractivity (Wildman–Crippen MR) is 90.2 cm³/mol. The Balaban J connectivity index is 2.02. The molecular weight excluding hydrogens is 290 g/mol. The van der Waals surface area contributed by atoms with Crippen molar-refractivity contribution in [3.05, 3.63) is 59.9 Å². The van der Waals surface area contributed by atoms with Gasteiger partial charge in [-0.2, -0.15) is 0 Å². The number of hydrogen-bond acceptors (Lipinski definition) is 3. The number of hydrogen-bond donors (Lipinski definition) is 2. The van der Waals surface area contributed by atoms with Crippen LogP contribution in [0.1, 0.15) is 36.8 Å². The number of nitrogens with zero attached hydrogens (tertiary/aromatic N) is 1. The van der Waals surface area contributed by atoms with Crippen LogP contribution in [0, 0.1) is 0 Å². The van der Waals surface area contributed by atoms with Crippen LogP contribution in [0.25, 0.3) is 0 Å². The Bertz CT molecular complexity index is 691. The second-order valence-electron chi connectivity index (χ2n) is 6.34. The average molecular weight is 311 g/mol. The smallest absolute Gasteiger partial charge is 0.270 e. The Morgan fingerprint density at radius 1 is 1.09 bits per heavy atom. The van der Waals surface area contributed by atoms with Gasteiger partial charge in [-0.3, -0.25) is 14.6 Å². The molecule has 2 amide bonds. The molecule has 5 heteroatoms. The lowest BCUT2D eigenvalue weighted by Gasteiger charge is -2.20. The fourth-order valence-electron chi connectivity index (χ4n) is 2.02. The first-order chi connectivity index (χ1) is 10.8. The van der Waals surface area contributed by atoms with Crippen LogP contribution in [0.3, 0.4) is 0 Å². The highest BCUT2D eigenvalue weighted by atomic mass is 16.2. The van der Waals surface area contributed by atoms with Crippen LogP contribution in [0.5, 0.6) is 0 Å². The van der Waals surface area contributed by atoms with Crippen molar-refractivity contribution < 1.29 is 9.59 Å². The van der Waals surface area contributed by atoms with Crippen LogP contribution in [-0.4, -0.2) is 22.3 Å². The lowest BCUT2D eigenvalue weighted by atomic mass is 10.1. The van der Waals surface area contributed by atoms with Crippen molar-refractivity contribution in [2.45, 2.75) is 32.7 Å². The maximum absolute atomic E-state index is 12.1. The average Bonchev–Trinajstić information content (AvgIpc) is 2.46. The highest BCUT2D eigenvalue weighted by molar-refractivity contribution is 5.96. The third-order valence-electron chi connectivity index (χ3n) is 2.97. The summed E-state index contributed by atoms with van der Waals surface area (Å²) < 4.78 is 0. The van der Waals surface area contributed by atoms with Gasteiger partial charge in [-0.25, -0.2) is 0 Å². The predicted octanol–water partition coefficient (Wildman–Crippen LogP) is 2.79. The molecule has 1 aromatic carbocycles. The molecule has 0 saturated heterocycles. The number of rotatable bonds is 4. The molecule has 0 bridgehead atoms. The van der Waals surface area contributed by atoms with Crippen LogP contribution in [0.2, 0.25) is 0 Å². The minimum Gasteiger partial charge on any atom is -0.346 e.